The van der Waals surface area contributed by atoms with Gasteiger partial charge in [-0.2, -0.15) is 0 Å². The van der Waals surface area contributed by atoms with E-state index >= 15 is 0 Å². The molecule has 1 aromatic heterocycles. The SMILES string of the molecule is CCc1ccc(C(=O)N2CCNCC2C(N)=O)o1. The molecule has 2 rings (SSSR count). The number of furan rings is 1. The zero-order chi connectivity index (χ0) is 13.1. The summed E-state index contributed by atoms with van der Waals surface area (Å²) in [5, 5.41) is 3.04. The monoisotopic (exact) mass is 251 g/mol. The van der Waals surface area contributed by atoms with Gasteiger partial charge in [-0.1, -0.05) is 6.92 Å². The van der Waals surface area contributed by atoms with E-state index in [1.165, 1.54) is 4.90 Å². The van der Waals surface area contributed by atoms with E-state index in [2.05, 4.69) is 5.32 Å². The standard InChI is InChI=1S/C12H17N3O3/c1-2-8-3-4-10(18-8)12(17)15-6-5-14-7-9(15)11(13)16/h3-4,9,14H,2,5-7H2,1H3,(H2,13,16). The third-order valence-electron chi connectivity index (χ3n) is 3.05. The minimum atomic E-state index is -0.610. The lowest BCUT2D eigenvalue weighted by Crippen LogP contribution is -2.58. The number of carbonyl (C=O) groups excluding carboxylic acids is 2. The zero-order valence-corrected chi connectivity index (χ0v) is 10.3. The number of nitrogens with zero attached hydrogens (tertiary/aromatic N) is 1. The fourth-order valence-corrected chi connectivity index (χ4v) is 2.03. The highest BCUT2D eigenvalue weighted by Crippen LogP contribution is 2.14. The second kappa shape index (κ2) is 5.22. The number of nitrogens with one attached hydrogen (secondary N) is 1. The van der Waals surface area contributed by atoms with Crippen LogP contribution >= 0.6 is 0 Å². The van der Waals surface area contributed by atoms with Gasteiger partial charge in [0, 0.05) is 26.1 Å². The molecule has 0 aromatic carbocycles. The van der Waals surface area contributed by atoms with Crippen molar-refractivity contribution in [1.29, 1.82) is 0 Å². The van der Waals surface area contributed by atoms with Gasteiger partial charge in [-0.05, 0) is 12.1 Å². The molecular formula is C12H17N3O3. The molecule has 6 nitrogen and oxygen atoms in total. The summed E-state index contributed by atoms with van der Waals surface area (Å²) in [5.41, 5.74) is 5.30. The molecule has 1 aliphatic rings. The van der Waals surface area contributed by atoms with E-state index in [-0.39, 0.29) is 11.7 Å². The van der Waals surface area contributed by atoms with Crippen LogP contribution in [-0.4, -0.2) is 42.4 Å². The van der Waals surface area contributed by atoms with Crippen LogP contribution in [-0.2, 0) is 11.2 Å². The average Bonchev–Trinajstić information content (AvgIpc) is 2.86. The molecule has 1 aliphatic heterocycles. The fraction of sp³-hybridized carbons (Fsp3) is 0.500. The van der Waals surface area contributed by atoms with Gasteiger partial charge in [0.2, 0.25) is 5.91 Å². The fourth-order valence-electron chi connectivity index (χ4n) is 2.03. The van der Waals surface area contributed by atoms with E-state index in [9.17, 15) is 9.59 Å². The molecule has 98 valence electrons. The Morgan fingerprint density at radius 1 is 1.56 bits per heavy atom. The average molecular weight is 251 g/mol. The van der Waals surface area contributed by atoms with Crippen molar-refractivity contribution in [1.82, 2.24) is 10.2 Å². The lowest BCUT2D eigenvalue weighted by molar-refractivity contribution is -0.122. The number of primary amides is 1. The summed E-state index contributed by atoms with van der Waals surface area (Å²) in [7, 11) is 0. The van der Waals surface area contributed by atoms with Crippen molar-refractivity contribution in [2.75, 3.05) is 19.6 Å². The Labute approximate surface area is 105 Å². The first-order valence-electron chi connectivity index (χ1n) is 6.03. The Bertz CT molecular complexity index is 455. The lowest BCUT2D eigenvalue weighted by Gasteiger charge is -2.33. The van der Waals surface area contributed by atoms with Gasteiger partial charge in [0.1, 0.15) is 11.8 Å². The molecule has 3 N–H and O–H groups in total. The summed E-state index contributed by atoms with van der Waals surface area (Å²) in [6.07, 6.45) is 0.730. The second-order valence-corrected chi connectivity index (χ2v) is 4.24. The molecular weight excluding hydrogens is 234 g/mol. The van der Waals surface area contributed by atoms with Gasteiger partial charge >= 0.3 is 0 Å². The summed E-state index contributed by atoms with van der Waals surface area (Å²) in [5.74, 6) is 0.238. The van der Waals surface area contributed by atoms with Gasteiger partial charge in [0.15, 0.2) is 5.76 Å². The lowest BCUT2D eigenvalue weighted by atomic mass is 10.1. The molecule has 1 atom stereocenters. The molecule has 0 spiro atoms. The molecule has 18 heavy (non-hydrogen) atoms. The third kappa shape index (κ3) is 2.38. The minimum absolute atomic E-state index is 0.264. The number of piperazine rings is 1. The maximum Gasteiger partial charge on any atom is 0.290 e. The molecule has 1 aromatic rings. The first-order valence-corrected chi connectivity index (χ1v) is 6.03. The van der Waals surface area contributed by atoms with E-state index in [0.29, 0.717) is 19.6 Å². The van der Waals surface area contributed by atoms with E-state index < -0.39 is 11.9 Å². The smallest absolute Gasteiger partial charge is 0.290 e. The molecule has 0 radical (unpaired) electrons. The van der Waals surface area contributed by atoms with Gasteiger partial charge in [0.25, 0.3) is 5.91 Å². The van der Waals surface area contributed by atoms with E-state index in [4.69, 9.17) is 10.2 Å². The molecule has 2 heterocycles. The molecule has 2 amide bonds. The van der Waals surface area contributed by atoms with Crippen LogP contribution < -0.4 is 11.1 Å². The minimum Gasteiger partial charge on any atom is -0.456 e. The quantitative estimate of drug-likeness (QED) is 0.774. The number of nitrogens with two attached hydrogens (primary N) is 1. The van der Waals surface area contributed by atoms with Crippen molar-refractivity contribution >= 4 is 11.8 Å². The first kappa shape index (κ1) is 12.6. The number of amides is 2. The predicted octanol–water partition coefficient (Wildman–Crippen LogP) is -0.259. The predicted molar refractivity (Wildman–Crippen MR) is 65.0 cm³/mol. The molecule has 0 aliphatic carbocycles. The normalized spacial score (nSPS) is 19.8. The van der Waals surface area contributed by atoms with Crippen molar-refractivity contribution in [2.45, 2.75) is 19.4 Å². The van der Waals surface area contributed by atoms with E-state index in [1.807, 2.05) is 6.92 Å². The Kier molecular flexibility index (Phi) is 3.66. The van der Waals surface area contributed by atoms with Crippen LogP contribution in [0.15, 0.2) is 16.5 Å². The summed E-state index contributed by atoms with van der Waals surface area (Å²) < 4.78 is 5.41. The van der Waals surface area contributed by atoms with Crippen LogP contribution in [0.1, 0.15) is 23.2 Å². The molecule has 1 saturated heterocycles. The molecule has 1 unspecified atom stereocenters. The van der Waals surface area contributed by atoms with Crippen LogP contribution in [0.4, 0.5) is 0 Å². The summed E-state index contributed by atoms with van der Waals surface area (Å²) in [6, 6.07) is 2.80. The molecule has 0 saturated carbocycles. The van der Waals surface area contributed by atoms with Crippen molar-refractivity contribution in [3.05, 3.63) is 23.7 Å². The number of aryl methyl sites for hydroxylation is 1. The summed E-state index contributed by atoms with van der Waals surface area (Å²) in [6.45, 7) is 3.44. The highest BCUT2D eigenvalue weighted by molar-refractivity contribution is 5.95. The second-order valence-electron chi connectivity index (χ2n) is 4.24. The maximum atomic E-state index is 12.2. The van der Waals surface area contributed by atoms with Crippen molar-refractivity contribution in [3.63, 3.8) is 0 Å². The van der Waals surface area contributed by atoms with Gasteiger partial charge in [-0.15, -0.1) is 0 Å². The highest BCUT2D eigenvalue weighted by Gasteiger charge is 2.32. The molecule has 6 heteroatoms. The molecule has 1 fully saturated rings. The topological polar surface area (TPSA) is 88.6 Å². The highest BCUT2D eigenvalue weighted by atomic mass is 16.4. The van der Waals surface area contributed by atoms with Crippen LogP contribution in [0.2, 0.25) is 0 Å². The summed E-state index contributed by atoms with van der Waals surface area (Å²) in [4.78, 5) is 25.0. The Morgan fingerprint density at radius 2 is 2.33 bits per heavy atom. The van der Waals surface area contributed by atoms with Gasteiger partial charge in [0.05, 0.1) is 0 Å². The van der Waals surface area contributed by atoms with Crippen molar-refractivity contribution < 1.29 is 14.0 Å². The molecule has 0 bridgehead atoms. The van der Waals surface area contributed by atoms with Crippen LogP contribution in [0, 0.1) is 0 Å². The van der Waals surface area contributed by atoms with Crippen LogP contribution in [0.5, 0.6) is 0 Å². The van der Waals surface area contributed by atoms with Crippen molar-refractivity contribution in [3.8, 4) is 0 Å². The van der Waals surface area contributed by atoms with Crippen LogP contribution in [0.25, 0.3) is 0 Å². The van der Waals surface area contributed by atoms with Gasteiger partial charge in [-0.3, -0.25) is 9.59 Å². The number of carbonyl (C=O) groups is 2. The first-order chi connectivity index (χ1) is 8.63. The third-order valence-corrected chi connectivity index (χ3v) is 3.05. The van der Waals surface area contributed by atoms with Gasteiger partial charge in [-0.25, -0.2) is 0 Å². The number of hydrogen-bond acceptors (Lipinski definition) is 4. The number of hydrogen-bond donors (Lipinski definition) is 2. The van der Waals surface area contributed by atoms with E-state index in [0.717, 1.165) is 12.2 Å². The van der Waals surface area contributed by atoms with E-state index in [1.54, 1.807) is 12.1 Å². The summed E-state index contributed by atoms with van der Waals surface area (Å²) >= 11 is 0. The Morgan fingerprint density at radius 3 is 2.94 bits per heavy atom. The largest absolute Gasteiger partial charge is 0.456 e. The van der Waals surface area contributed by atoms with Gasteiger partial charge < -0.3 is 20.4 Å². The van der Waals surface area contributed by atoms with Crippen molar-refractivity contribution in [2.24, 2.45) is 5.73 Å². The Balaban J connectivity index is 2.17. The Hall–Kier alpha value is -1.82. The zero-order valence-electron chi connectivity index (χ0n) is 10.3. The maximum absolute atomic E-state index is 12.2. The van der Waals surface area contributed by atoms with Crippen LogP contribution in [0.3, 0.4) is 0 Å². The number of rotatable bonds is 3.